The molecule has 0 radical (unpaired) electrons. The lowest BCUT2D eigenvalue weighted by molar-refractivity contribution is -0.140. The van der Waals surface area contributed by atoms with Crippen molar-refractivity contribution < 1.29 is 14.3 Å². The second-order valence-electron chi connectivity index (χ2n) is 8.48. The number of carbonyl (C=O) groups excluding carboxylic acids is 1. The highest BCUT2D eigenvalue weighted by atomic mass is 16.5. The monoisotopic (exact) mass is 430 g/mol. The van der Waals surface area contributed by atoms with Crippen LogP contribution < -0.4 is 10.1 Å². The Morgan fingerprint density at radius 2 is 1.87 bits per heavy atom. The molecule has 1 aromatic carbocycles. The van der Waals surface area contributed by atoms with E-state index in [1.54, 1.807) is 0 Å². The summed E-state index contributed by atoms with van der Waals surface area (Å²) in [5, 5.41) is 3.40. The first-order valence-electron chi connectivity index (χ1n) is 11.7. The molecule has 7 heteroatoms. The average Bonchev–Trinajstić information content (AvgIpc) is 2.81. The number of hydrogen-bond donors (Lipinski definition) is 1. The fraction of sp³-hybridized carbons (Fsp3) is 0.667. The van der Waals surface area contributed by atoms with Crippen molar-refractivity contribution in [1.82, 2.24) is 15.1 Å². The molecule has 0 atom stereocenters. The zero-order chi connectivity index (χ0) is 22.1. The van der Waals surface area contributed by atoms with E-state index in [0.717, 1.165) is 57.3 Å². The Balaban J connectivity index is 1.49. The molecule has 1 N–H and O–H groups in total. The maximum absolute atomic E-state index is 12.8. The summed E-state index contributed by atoms with van der Waals surface area (Å²) in [7, 11) is 0. The van der Waals surface area contributed by atoms with E-state index in [1.807, 2.05) is 17.0 Å². The van der Waals surface area contributed by atoms with E-state index in [0.29, 0.717) is 38.2 Å². The summed E-state index contributed by atoms with van der Waals surface area (Å²) >= 11 is 0. The number of guanidine groups is 1. The van der Waals surface area contributed by atoms with E-state index in [4.69, 9.17) is 14.5 Å². The number of hydrogen-bond acceptors (Lipinski definition) is 4. The Kier molecular flexibility index (Phi) is 9.00. The smallest absolute Gasteiger partial charge is 0.225 e. The van der Waals surface area contributed by atoms with Crippen LogP contribution in [0.5, 0.6) is 5.75 Å². The van der Waals surface area contributed by atoms with Gasteiger partial charge in [-0.05, 0) is 37.3 Å². The first-order valence-corrected chi connectivity index (χ1v) is 11.7. The van der Waals surface area contributed by atoms with Gasteiger partial charge in [-0.1, -0.05) is 32.0 Å². The molecular formula is C24H38N4O3. The topological polar surface area (TPSA) is 66.4 Å². The van der Waals surface area contributed by atoms with Crippen LogP contribution in [0.4, 0.5) is 0 Å². The molecule has 0 bridgehead atoms. The average molecular weight is 431 g/mol. The Morgan fingerprint density at radius 1 is 1.16 bits per heavy atom. The summed E-state index contributed by atoms with van der Waals surface area (Å²) in [6.07, 6.45) is 1.75. The lowest BCUT2D eigenvalue weighted by atomic mass is 9.95. The fourth-order valence-electron chi connectivity index (χ4n) is 4.20. The predicted octanol–water partition coefficient (Wildman–Crippen LogP) is 2.73. The number of nitrogens with one attached hydrogen (secondary N) is 1. The molecule has 7 nitrogen and oxygen atoms in total. The second-order valence-corrected chi connectivity index (χ2v) is 8.48. The Labute approximate surface area is 186 Å². The van der Waals surface area contributed by atoms with Crippen molar-refractivity contribution in [2.24, 2.45) is 10.9 Å². The summed E-state index contributed by atoms with van der Waals surface area (Å²) in [5.41, 5.74) is 1.23. The summed E-state index contributed by atoms with van der Waals surface area (Å²) in [4.78, 5) is 21.8. The molecule has 0 aromatic heterocycles. The van der Waals surface area contributed by atoms with Gasteiger partial charge in [-0.25, -0.2) is 4.99 Å². The van der Waals surface area contributed by atoms with Gasteiger partial charge in [0.15, 0.2) is 5.96 Å². The van der Waals surface area contributed by atoms with Gasteiger partial charge in [0.25, 0.3) is 0 Å². The molecule has 2 heterocycles. The van der Waals surface area contributed by atoms with E-state index >= 15 is 0 Å². The summed E-state index contributed by atoms with van der Waals surface area (Å²) in [6, 6.07) is 8.21. The predicted molar refractivity (Wildman–Crippen MR) is 124 cm³/mol. The quantitative estimate of drug-likeness (QED) is 0.409. The highest BCUT2D eigenvalue weighted by Gasteiger charge is 2.30. The molecule has 3 rings (SSSR count). The van der Waals surface area contributed by atoms with Gasteiger partial charge in [0, 0.05) is 38.6 Å². The molecule has 172 valence electrons. The summed E-state index contributed by atoms with van der Waals surface area (Å²) < 4.78 is 11.4. The van der Waals surface area contributed by atoms with E-state index in [-0.39, 0.29) is 5.92 Å². The van der Waals surface area contributed by atoms with Crippen molar-refractivity contribution in [3.8, 4) is 5.75 Å². The Hall–Kier alpha value is -2.28. The lowest BCUT2D eigenvalue weighted by Gasteiger charge is -2.36. The van der Waals surface area contributed by atoms with Crippen LogP contribution >= 0.6 is 0 Å². The number of amides is 1. The number of carbonyl (C=O) groups is 1. The van der Waals surface area contributed by atoms with Gasteiger partial charge < -0.3 is 24.6 Å². The normalized spacial score (nSPS) is 18.4. The zero-order valence-corrected chi connectivity index (χ0v) is 19.3. The number of morpholine rings is 1. The zero-order valence-electron chi connectivity index (χ0n) is 19.3. The first-order chi connectivity index (χ1) is 15.1. The highest BCUT2D eigenvalue weighted by Crippen LogP contribution is 2.25. The fourth-order valence-corrected chi connectivity index (χ4v) is 4.20. The Bertz CT molecular complexity index is 723. The van der Waals surface area contributed by atoms with Crippen LogP contribution in [0.15, 0.2) is 29.3 Å². The number of ether oxygens (including phenoxy) is 2. The number of piperidine rings is 1. The van der Waals surface area contributed by atoms with Gasteiger partial charge in [-0.15, -0.1) is 0 Å². The molecule has 2 aliphatic heterocycles. The van der Waals surface area contributed by atoms with Crippen molar-refractivity contribution >= 4 is 11.9 Å². The minimum atomic E-state index is 0.119. The molecule has 2 aliphatic rings. The molecule has 2 saturated heterocycles. The van der Waals surface area contributed by atoms with Crippen LogP contribution in [0.3, 0.4) is 0 Å². The molecule has 0 unspecified atom stereocenters. The second kappa shape index (κ2) is 11.9. The third-order valence-corrected chi connectivity index (χ3v) is 5.95. The van der Waals surface area contributed by atoms with Crippen molar-refractivity contribution in [3.05, 3.63) is 29.8 Å². The third-order valence-electron chi connectivity index (χ3n) is 5.95. The first kappa shape index (κ1) is 23.4. The van der Waals surface area contributed by atoms with E-state index < -0.39 is 0 Å². The largest absolute Gasteiger partial charge is 0.491 e. The number of benzene rings is 1. The molecule has 2 fully saturated rings. The van der Waals surface area contributed by atoms with Gasteiger partial charge in [-0.2, -0.15) is 0 Å². The van der Waals surface area contributed by atoms with Gasteiger partial charge in [0.2, 0.25) is 5.91 Å². The Morgan fingerprint density at radius 3 is 2.55 bits per heavy atom. The number of rotatable bonds is 7. The van der Waals surface area contributed by atoms with Crippen molar-refractivity contribution in [3.63, 3.8) is 0 Å². The van der Waals surface area contributed by atoms with E-state index in [2.05, 4.69) is 43.1 Å². The summed E-state index contributed by atoms with van der Waals surface area (Å²) in [6.45, 7) is 12.9. The van der Waals surface area contributed by atoms with Crippen molar-refractivity contribution in [1.29, 1.82) is 0 Å². The molecule has 1 aromatic rings. The number of aliphatic imine (C=N–C) groups is 1. The maximum atomic E-state index is 12.8. The number of likely N-dealkylation sites (tertiary alicyclic amines) is 1. The molecule has 0 spiro atoms. The summed E-state index contributed by atoms with van der Waals surface area (Å²) in [5.74, 6) is 2.70. The van der Waals surface area contributed by atoms with E-state index in [9.17, 15) is 4.79 Å². The minimum Gasteiger partial charge on any atom is -0.491 e. The highest BCUT2D eigenvalue weighted by molar-refractivity contribution is 5.82. The van der Waals surface area contributed by atoms with Gasteiger partial charge in [0.1, 0.15) is 12.4 Å². The van der Waals surface area contributed by atoms with Crippen LogP contribution in [-0.2, 0) is 9.53 Å². The molecule has 31 heavy (non-hydrogen) atoms. The van der Waals surface area contributed by atoms with Crippen molar-refractivity contribution in [2.45, 2.75) is 39.5 Å². The van der Waals surface area contributed by atoms with Crippen LogP contribution in [0, 0.1) is 5.92 Å². The van der Waals surface area contributed by atoms with Gasteiger partial charge >= 0.3 is 0 Å². The maximum Gasteiger partial charge on any atom is 0.225 e. The van der Waals surface area contributed by atoms with Crippen molar-refractivity contribution in [2.75, 3.05) is 59.1 Å². The molecule has 1 amide bonds. The van der Waals surface area contributed by atoms with Crippen LogP contribution in [0.2, 0.25) is 0 Å². The van der Waals surface area contributed by atoms with Gasteiger partial charge in [0.05, 0.1) is 19.8 Å². The van der Waals surface area contributed by atoms with Crippen LogP contribution in [0.25, 0.3) is 0 Å². The van der Waals surface area contributed by atoms with E-state index in [1.165, 1.54) is 5.56 Å². The lowest BCUT2D eigenvalue weighted by Crippen LogP contribution is -2.50. The van der Waals surface area contributed by atoms with Gasteiger partial charge in [-0.3, -0.25) is 4.79 Å². The molecular weight excluding hydrogens is 392 g/mol. The minimum absolute atomic E-state index is 0.119. The molecule has 0 aliphatic carbocycles. The van der Waals surface area contributed by atoms with Crippen LogP contribution in [-0.4, -0.2) is 80.8 Å². The number of nitrogens with zero attached hydrogens (tertiary/aromatic N) is 3. The number of para-hydroxylation sites is 1. The molecule has 0 saturated carbocycles. The van der Waals surface area contributed by atoms with Crippen LogP contribution in [0.1, 0.15) is 45.1 Å². The third kappa shape index (κ3) is 6.60. The SMILES string of the molecule is CCNC(=NCCOc1ccccc1C(C)C)N1CCC(C(=O)N2CCOCC2)CC1. The standard InChI is InChI=1S/C24H38N4O3/c1-4-25-24(26-11-16-31-22-8-6-5-7-21(22)19(2)3)28-12-9-20(10-13-28)23(29)27-14-17-30-18-15-27/h5-8,19-20H,4,9-18H2,1-3H3,(H,25,26).